The Kier molecular flexibility index (Phi) is 4.42. The summed E-state index contributed by atoms with van der Waals surface area (Å²) in [5, 5.41) is 9.02. The third kappa shape index (κ3) is 3.09. The van der Waals surface area contributed by atoms with Gasteiger partial charge in [0.15, 0.2) is 12.2 Å². The van der Waals surface area contributed by atoms with Crippen LogP contribution in [-0.4, -0.2) is 28.0 Å². The van der Waals surface area contributed by atoms with Crippen molar-refractivity contribution in [2.45, 2.75) is 37.4 Å². The van der Waals surface area contributed by atoms with Crippen molar-refractivity contribution in [3.63, 3.8) is 0 Å². The van der Waals surface area contributed by atoms with Gasteiger partial charge in [-0.1, -0.05) is 12.1 Å². The van der Waals surface area contributed by atoms with E-state index in [1.54, 1.807) is 12.1 Å². The zero-order valence-corrected chi connectivity index (χ0v) is 16.2. The number of nitrogens with zero attached hydrogens (tertiary/aromatic N) is 3. The zero-order valence-electron chi connectivity index (χ0n) is 16.2. The van der Waals surface area contributed by atoms with E-state index < -0.39 is 5.82 Å². The number of likely N-dealkylation sites (tertiary alicyclic amines) is 1. The molecule has 7 heteroatoms. The van der Waals surface area contributed by atoms with Crippen molar-refractivity contribution >= 4 is 0 Å². The van der Waals surface area contributed by atoms with Gasteiger partial charge in [0.25, 0.3) is 0 Å². The standard InChI is InChI=1S/C23H20F2N4O/c24-19-4-3-17(14-1-2-15(9-26)20(25)7-14)22(21-10-28-13-30-21)18(19)11-29-12-23(27)6-5-16(29)8-23/h1-4,7,10,13,16H,5-6,8,11-12,27H2/t16-,23-/m0/s1. The van der Waals surface area contributed by atoms with E-state index in [2.05, 4.69) is 9.88 Å². The maximum absolute atomic E-state index is 15.1. The summed E-state index contributed by atoms with van der Waals surface area (Å²) in [6.07, 6.45) is 5.75. The van der Waals surface area contributed by atoms with E-state index in [1.807, 2.05) is 6.07 Å². The smallest absolute Gasteiger partial charge is 0.181 e. The summed E-state index contributed by atoms with van der Waals surface area (Å²) in [6, 6.07) is 9.55. The number of aromatic nitrogens is 1. The summed E-state index contributed by atoms with van der Waals surface area (Å²) in [4.78, 5) is 6.22. The Balaban J connectivity index is 1.63. The van der Waals surface area contributed by atoms with Crippen LogP contribution in [0.15, 0.2) is 47.3 Å². The molecule has 152 valence electrons. The Morgan fingerprint density at radius 2 is 2.13 bits per heavy atom. The number of hydrogen-bond acceptors (Lipinski definition) is 5. The van der Waals surface area contributed by atoms with Crippen molar-refractivity contribution < 1.29 is 13.2 Å². The predicted octanol–water partition coefficient (Wildman–Crippen LogP) is 4.22. The highest BCUT2D eigenvalue weighted by molar-refractivity contribution is 5.83. The molecule has 2 aromatic carbocycles. The molecule has 1 saturated heterocycles. The molecule has 0 radical (unpaired) electrons. The van der Waals surface area contributed by atoms with Crippen LogP contribution >= 0.6 is 0 Å². The first-order chi connectivity index (χ1) is 14.5. The van der Waals surface area contributed by atoms with Crippen LogP contribution in [-0.2, 0) is 6.54 Å². The molecule has 0 unspecified atom stereocenters. The minimum Gasteiger partial charge on any atom is -0.443 e. The number of rotatable bonds is 4. The average Bonchev–Trinajstić information content (AvgIpc) is 3.45. The van der Waals surface area contributed by atoms with Gasteiger partial charge in [0.05, 0.1) is 11.8 Å². The third-order valence-electron chi connectivity index (χ3n) is 6.35. The number of halogens is 2. The number of fused-ring (bicyclic) bond motifs is 2. The van der Waals surface area contributed by atoms with Crippen molar-refractivity contribution in [3.8, 4) is 28.5 Å². The first-order valence-corrected chi connectivity index (χ1v) is 9.91. The molecule has 2 fully saturated rings. The summed E-state index contributed by atoms with van der Waals surface area (Å²) >= 11 is 0. The monoisotopic (exact) mass is 406 g/mol. The maximum Gasteiger partial charge on any atom is 0.181 e. The molecular weight excluding hydrogens is 386 g/mol. The lowest BCUT2D eigenvalue weighted by Gasteiger charge is -2.31. The molecule has 2 heterocycles. The van der Waals surface area contributed by atoms with E-state index in [0.29, 0.717) is 40.6 Å². The second-order valence-electron chi connectivity index (χ2n) is 8.28. The predicted molar refractivity (Wildman–Crippen MR) is 107 cm³/mol. The highest BCUT2D eigenvalue weighted by Gasteiger charge is 2.47. The SMILES string of the molecule is N#Cc1ccc(-c2ccc(F)c(CN3C[C@]4(N)CC[C@H]3C4)c2-c2cnco2)cc1F. The number of benzene rings is 2. The van der Waals surface area contributed by atoms with E-state index in [-0.39, 0.29) is 16.9 Å². The van der Waals surface area contributed by atoms with E-state index >= 15 is 4.39 Å². The molecule has 2 aliphatic rings. The van der Waals surface area contributed by atoms with Crippen molar-refractivity contribution in [2.24, 2.45) is 5.73 Å². The summed E-state index contributed by atoms with van der Waals surface area (Å²) in [5.74, 6) is -0.560. The molecule has 1 saturated carbocycles. The van der Waals surface area contributed by atoms with Crippen molar-refractivity contribution in [1.82, 2.24) is 9.88 Å². The van der Waals surface area contributed by atoms with Gasteiger partial charge in [0.2, 0.25) is 0 Å². The molecule has 1 aromatic heterocycles. The van der Waals surface area contributed by atoms with Crippen LogP contribution in [0.5, 0.6) is 0 Å². The minimum atomic E-state index is -0.619. The number of nitriles is 1. The van der Waals surface area contributed by atoms with Crippen LogP contribution < -0.4 is 5.73 Å². The van der Waals surface area contributed by atoms with Crippen molar-refractivity contribution in [2.75, 3.05) is 6.54 Å². The summed E-state index contributed by atoms with van der Waals surface area (Å²) < 4.78 is 34.9. The molecule has 1 aliphatic carbocycles. The molecular formula is C23H20F2N4O. The van der Waals surface area contributed by atoms with Gasteiger partial charge in [-0.05, 0) is 48.6 Å². The first-order valence-electron chi connectivity index (χ1n) is 9.91. The number of nitrogens with two attached hydrogens (primary N) is 1. The van der Waals surface area contributed by atoms with Crippen LogP contribution in [0.1, 0.15) is 30.4 Å². The lowest BCUT2D eigenvalue weighted by Crippen LogP contribution is -2.44. The van der Waals surface area contributed by atoms with Gasteiger partial charge in [-0.3, -0.25) is 4.90 Å². The Morgan fingerprint density at radius 3 is 2.77 bits per heavy atom. The summed E-state index contributed by atoms with van der Waals surface area (Å²) in [7, 11) is 0. The highest BCUT2D eigenvalue weighted by Crippen LogP contribution is 2.42. The van der Waals surface area contributed by atoms with Crippen LogP contribution in [0.4, 0.5) is 8.78 Å². The van der Waals surface area contributed by atoms with E-state index in [9.17, 15) is 4.39 Å². The number of hydrogen-bond donors (Lipinski definition) is 1. The molecule has 3 aromatic rings. The topological polar surface area (TPSA) is 79.1 Å². The fourth-order valence-corrected chi connectivity index (χ4v) is 4.92. The molecule has 0 spiro atoms. The molecule has 1 aliphatic heterocycles. The molecule has 0 amide bonds. The van der Waals surface area contributed by atoms with Crippen LogP contribution in [0, 0.1) is 23.0 Å². The fourth-order valence-electron chi connectivity index (χ4n) is 4.92. The minimum absolute atomic E-state index is 0.0383. The Labute approximate surface area is 172 Å². The molecule has 2 bridgehead atoms. The second kappa shape index (κ2) is 7.01. The zero-order chi connectivity index (χ0) is 20.9. The van der Waals surface area contributed by atoms with Crippen molar-refractivity contribution in [1.29, 1.82) is 5.26 Å². The number of oxazole rings is 1. The molecule has 2 atom stereocenters. The van der Waals surface area contributed by atoms with Crippen LogP contribution in [0.2, 0.25) is 0 Å². The van der Waals surface area contributed by atoms with Crippen LogP contribution in [0.3, 0.4) is 0 Å². The Bertz CT molecular complexity index is 1150. The van der Waals surface area contributed by atoms with Crippen LogP contribution in [0.25, 0.3) is 22.5 Å². The average molecular weight is 406 g/mol. The quantitative estimate of drug-likeness (QED) is 0.702. The highest BCUT2D eigenvalue weighted by atomic mass is 19.1. The lowest BCUT2D eigenvalue weighted by atomic mass is 9.92. The van der Waals surface area contributed by atoms with Gasteiger partial charge >= 0.3 is 0 Å². The van der Waals surface area contributed by atoms with Gasteiger partial charge in [-0.15, -0.1) is 0 Å². The van der Waals surface area contributed by atoms with Gasteiger partial charge < -0.3 is 10.2 Å². The third-order valence-corrected chi connectivity index (χ3v) is 6.35. The normalized spacial score (nSPS) is 23.1. The van der Waals surface area contributed by atoms with Gasteiger partial charge in [-0.25, -0.2) is 13.8 Å². The summed E-state index contributed by atoms with van der Waals surface area (Å²) in [5.41, 5.74) is 8.40. The van der Waals surface area contributed by atoms with Gasteiger partial charge in [0.1, 0.15) is 17.7 Å². The molecule has 2 N–H and O–H groups in total. The molecule has 5 nitrogen and oxygen atoms in total. The first kappa shape index (κ1) is 18.9. The molecule has 5 rings (SSSR count). The van der Waals surface area contributed by atoms with E-state index in [0.717, 1.165) is 25.8 Å². The van der Waals surface area contributed by atoms with Gasteiger partial charge in [-0.2, -0.15) is 5.26 Å². The fraction of sp³-hybridized carbons (Fsp3) is 0.304. The largest absolute Gasteiger partial charge is 0.443 e. The van der Waals surface area contributed by atoms with E-state index in [1.165, 1.54) is 30.8 Å². The Hall–Kier alpha value is -3.08. The van der Waals surface area contributed by atoms with Crippen molar-refractivity contribution in [3.05, 3.63) is 65.7 Å². The molecule has 30 heavy (non-hydrogen) atoms. The lowest BCUT2D eigenvalue weighted by molar-refractivity contribution is 0.193. The van der Waals surface area contributed by atoms with Gasteiger partial charge in [0, 0.05) is 35.8 Å². The van der Waals surface area contributed by atoms with E-state index in [4.69, 9.17) is 15.4 Å². The Morgan fingerprint density at radius 1 is 1.27 bits per heavy atom. The second-order valence-corrected chi connectivity index (χ2v) is 8.28. The summed E-state index contributed by atoms with van der Waals surface area (Å²) in [6.45, 7) is 1.11. The number of piperidine rings is 1. The maximum atomic E-state index is 15.1.